The summed E-state index contributed by atoms with van der Waals surface area (Å²) in [7, 11) is 0. The van der Waals surface area contributed by atoms with Gasteiger partial charge in [-0.1, -0.05) is 6.92 Å². The van der Waals surface area contributed by atoms with Crippen LogP contribution in [0.3, 0.4) is 0 Å². The highest BCUT2D eigenvalue weighted by Crippen LogP contribution is 2.30. The van der Waals surface area contributed by atoms with E-state index in [0.717, 1.165) is 37.5 Å². The van der Waals surface area contributed by atoms with Gasteiger partial charge >= 0.3 is 0 Å². The largest absolute Gasteiger partial charge is 0.329 e. The van der Waals surface area contributed by atoms with Gasteiger partial charge in [0.2, 0.25) is 0 Å². The molecule has 21 heavy (non-hydrogen) atoms. The fourth-order valence-corrected chi connectivity index (χ4v) is 3.04. The molecule has 0 fully saturated rings. The summed E-state index contributed by atoms with van der Waals surface area (Å²) in [6.45, 7) is 4.04. The Morgan fingerprint density at radius 2 is 2.00 bits per heavy atom. The summed E-state index contributed by atoms with van der Waals surface area (Å²) in [5.41, 5.74) is 2.99. The molecule has 4 nitrogen and oxygen atoms in total. The Morgan fingerprint density at radius 3 is 2.67 bits per heavy atom. The minimum absolute atomic E-state index is 0.0586. The molecule has 0 aliphatic rings. The molecule has 0 aliphatic carbocycles. The summed E-state index contributed by atoms with van der Waals surface area (Å²) >= 11 is 2.26. The summed E-state index contributed by atoms with van der Waals surface area (Å²) < 4.78 is 1.01. The maximum atomic E-state index is 12.0. The van der Waals surface area contributed by atoms with E-state index in [1.165, 1.54) is 0 Å². The lowest BCUT2D eigenvalue weighted by Crippen LogP contribution is -2.08. The SMILES string of the molecule is CCc1cnc(-c2cc3cc[nH]c(=O)c3c(C)c2I)nc1. The van der Waals surface area contributed by atoms with Crippen molar-refractivity contribution in [3.05, 3.63) is 55.8 Å². The number of hydrogen-bond acceptors (Lipinski definition) is 3. The van der Waals surface area contributed by atoms with E-state index in [4.69, 9.17) is 0 Å². The van der Waals surface area contributed by atoms with Gasteiger partial charge in [-0.2, -0.15) is 0 Å². The summed E-state index contributed by atoms with van der Waals surface area (Å²) in [5, 5.41) is 1.64. The van der Waals surface area contributed by atoms with E-state index in [9.17, 15) is 4.79 Å². The van der Waals surface area contributed by atoms with Crippen LogP contribution in [0.4, 0.5) is 0 Å². The molecule has 0 radical (unpaired) electrons. The van der Waals surface area contributed by atoms with Crippen molar-refractivity contribution in [3.63, 3.8) is 0 Å². The van der Waals surface area contributed by atoms with Gasteiger partial charge in [-0.05, 0) is 64.6 Å². The smallest absolute Gasteiger partial charge is 0.256 e. The second-order valence-corrected chi connectivity index (χ2v) is 5.98. The molecule has 0 saturated carbocycles. The van der Waals surface area contributed by atoms with Gasteiger partial charge in [0.15, 0.2) is 5.82 Å². The van der Waals surface area contributed by atoms with Crippen LogP contribution in [0.15, 0.2) is 35.5 Å². The molecule has 3 aromatic rings. The molecule has 0 aliphatic heterocycles. The van der Waals surface area contributed by atoms with E-state index in [-0.39, 0.29) is 5.56 Å². The first kappa shape index (κ1) is 14.2. The van der Waals surface area contributed by atoms with Crippen molar-refractivity contribution in [2.24, 2.45) is 0 Å². The Hall–Kier alpha value is -1.76. The first-order valence-electron chi connectivity index (χ1n) is 6.73. The zero-order valence-corrected chi connectivity index (χ0v) is 13.9. The van der Waals surface area contributed by atoms with Crippen molar-refractivity contribution in [1.82, 2.24) is 15.0 Å². The predicted octanol–water partition coefficient (Wildman–Crippen LogP) is 3.46. The highest BCUT2D eigenvalue weighted by Gasteiger charge is 2.13. The first-order valence-corrected chi connectivity index (χ1v) is 7.81. The fraction of sp³-hybridized carbons (Fsp3) is 0.188. The zero-order chi connectivity index (χ0) is 15.0. The molecule has 0 spiro atoms. The maximum Gasteiger partial charge on any atom is 0.256 e. The molecule has 1 aromatic carbocycles. The fourth-order valence-electron chi connectivity index (χ4n) is 2.37. The molecule has 3 rings (SSSR count). The Kier molecular flexibility index (Phi) is 3.75. The third-order valence-electron chi connectivity index (χ3n) is 3.59. The van der Waals surface area contributed by atoms with Crippen LogP contribution in [0.1, 0.15) is 18.1 Å². The average molecular weight is 391 g/mol. The summed E-state index contributed by atoms with van der Waals surface area (Å²) in [5.74, 6) is 0.696. The van der Waals surface area contributed by atoms with Gasteiger partial charge in [0, 0.05) is 27.7 Å². The van der Waals surface area contributed by atoms with E-state index >= 15 is 0 Å². The highest BCUT2D eigenvalue weighted by atomic mass is 127. The van der Waals surface area contributed by atoms with E-state index < -0.39 is 0 Å². The van der Waals surface area contributed by atoms with Crippen LogP contribution < -0.4 is 5.56 Å². The number of pyridine rings is 1. The van der Waals surface area contributed by atoms with Gasteiger partial charge in [0.1, 0.15) is 0 Å². The number of fused-ring (bicyclic) bond motifs is 1. The monoisotopic (exact) mass is 391 g/mol. The van der Waals surface area contributed by atoms with Crippen LogP contribution in [0, 0.1) is 10.5 Å². The van der Waals surface area contributed by atoms with Crippen LogP contribution in [0.5, 0.6) is 0 Å². The Labute approximate surface area is 135 Å². The molecule has 0 atom stereocenters. The molecular weight excluding hydrogens is 377 g/mol. The minimum Gasteiger partial charge on any atom is -0.329 e. The second kappa shape index (κ2) is 5.55. The van der Waals surface area contributed by atoms with E-state index in [2.05, 4.69) is 44.5 Å². The van der Waals surface area contributed by atoms with E-state index in [1.54, 1.807) is 6.20 Å². The Balaban J connectivity index is 2.28. The maximum absolute atomic E-state index is 12.0. The minimum atomic E-state index is -0.0586. The zero-order valence-electron chi connectivity index (χ0n) is 11.8. The molecule has 0 unspecified atom stereocenters. The normalized spacial score (nSPS) is 11.0. The van der Waals surface area contributed by atoms with E-state index in [0.29, 0.717) is 5.82 Å². The van der Waals surface area contributed by atoms with Gasteiger partial charge in [-0.3, -0.25) is 4.79 Å². The number of hydrogen-bond donors (Lipinski definition) is 1. The second-order valence-electron chi connectivity index (χ2n) is 4.90. The van der Waals surface area contributed by atoms with Crippen LogP contribution in [-0.4, -0.2) is 15.0 Å². The van der Waals surface area contributed by atoms with Crippen molar-refractivity contribution in [3.8, 4) is 11.4 Å². The molecule has 0 bridgehead atoms. The standard InChI is InChI=1S/C16H14IN3O/c1-3-10-7-19-15(20-8-10)12-6-11-4-5-18-16(21)13(11)9(2)14(12)17/h4-8H,3H2,1-2H3,(H,18,21). The number of aromatic amines is 1. The molecule has 0 saturated heterocycles. The van der Waals surface area contributed by atoms with Gasteiger partial charge in [-0.15, -0.1) is 0 Å². The number of halogens is 1. The lowest BCUT2D eigenvalue weighted by Gasteiger charge is -2.10. The van der Waals surface area contributed by atoms with Gasteiger partial charge in [0.05, 0.1) is 5.39 Å². The third-order valence-corrected chi connectivity index (χ3v) is 4.98. The molecule has 1 N–H and O–H groups in total. The number of H-pyrrole nitrogens is 1. The van der Waals surface area contributed by atoms with Crippen molar-refractivity contribution in [2.75, 3.05) is 0 Å². The Morgan fingerprint density at radius 1 is 1.29 bits per heavy atom. The lowest BCUT2D eigenvalue weighted by molar-refractivity contribution is 1.05. The van der Waals surface area contributed by atoms with Crippen molar-refractivity contribution in [1.29, 1.82) is 0 Å². The molecule has 0 amide bonds. The number of benzene rings is 1. The predicted molar refractivity (Wildman–Crippen MR) is 92.4 cm³/mol. The van der Waals surface area contributed by atoms with Crippen molar-refractivity contribution >= 4 is 33.4 Å². The Bertz CT molecular complexity index is 869. The lowest BCUT2D eigenvalue weighted by atomic mass is 10.0. The quantitative estimate of drug-likeness (QED) is 0.681. The number of aromatic nitrogens is 3. The highest BCUT2D eigenvalue weighted by molar-refractivity contribution is 14.1. The molecule has 2 heterocycles. The number of rotatable bonds is 2. The summed E-state index contributed by atoms with van der Waals surface area (Å²) in [6, 6.07) is 3.89. The first-order chi connectivity index (χ1) is 10.1. The average Bonchev–Trinajstić information content (AvgIpc) is 2.51. The molecule has 106 valence electrons. The summed E-state index contributed by atoms with van der Waals surface area (Å²) in [4.78, 5) is 23.6. The molecule has 5 heteroatoms. The third kappa shape index (κ3) is 2.46. The molecule has 2 aromatic heterocycles. The summed E-state index contributed by atoms with van der Waals surface area (Å²) in [6.07, 6.45) is 6.30. The van der Waals surface area contributed by atoms with Gasteiger partial charge in [0.25, 0.3) is 5.56 Å². The van der Waals surface area contributed by atoms with Crippen LogP contribution >= 0.6 is 22.6 Å². The van der Waals surface area contributed by atoms with Crippen molar-refractivity contribution in [2.45, 2.75) is 20.3 Å². The van der Waals surface area contributed by atoms with Crippen LogP contribution in [0.2, 0.25) is 0 Å². The topological polar surface area (TPSA) is 58.6 Å². The van der Waals surface area contributed by atoms with E-state index in [1.807, 2.05) is 31.5 Å². The van der Waals surface area contributed by atoms with Gasteiger partial charge in [-0.25, -0.2) is 9.97 Å². The van der Waals surface area contributed by atoms with Crippen LogP contribution in [0.25, 0.3) is 22.2 Å². The number of nitrogens with zero attached hydrogens (tertiary/aromatic N) is 2. The molecular formula is C16H14IN3O. The van der Waals surface area contributed by atoms with Crippen LogP contribution in [-0.2, 0) is 6.42 Å². The van der Waals surface area contributed by atoms with Crippen molar-refractivity contribution < 1.29 is 0 Å². The number of nitrogens with one attached hydrogen (secondary N) is 1. The number of aryl methyl sites for hydroxylation is 2. The van der Waals surface area contributed by atoms with Gasteiger partial charge < -0.3 is 4.98 Å².